The molecule has 4 heteroatoms. The maximum Gasteiger partial charge on any atom is 0.0762 e. The van der Waals surface area contributed by atoms with Crippen LogP contribution in [-0.4, -0.2) is 29.0 Å². The van der Waals surface area contributed by atoms with Crippen molar-refractivity contribution in [2.45, 2.75) is 65.1 Å². The van der Waals surface area contributed by atoms with Crippen molar-refractivity contribution >= 4 is 0 Å². The van der Waals surface area contributed by atoms with Crippen LogP contribution in [-0.2, 0) is 11.3 Å². The van der Waals surface area contributed by atoms with Crippen LogP contribution < -0.4 is 5.32 Å². The highest BCUT2D eigenvalue weighted by Crippen LogP contribution is 2.22. The molecule has 2 atom stereocenters. The van der Waals surface area contributed by atoms with E-state index in [4.69, 9.17) is 4.74 Å². The zero-order valence-corrected chi connectivity index (χ0v) is 13.1. The molecule has 4 nitrogen and oxygen atoms in total. The highest BCUT2D eigenvalue weighted by atomic mass is 16.5. The summed E-state index contributed by atoms with van der Waals surface area (Å²) in [5.74, 6) is 0.668. The number of nitrogens with zero attached hydrogens (tertiary/aromatic N) is 2. The number of nitrogens with one attached hydrogen (secondary N) is 1. The standard InChI is InChI=1S/C16H29N3O/c1-4-15(5-2)19-9-7-14(18-19)12-17-11-13-8-10-20-16(13)6-3/h7,9,13,15-17H,4-6,8,10-12H2,1-3H3. The van der Waals surface area contributed by atoms with Crippen LogP contribution in [0.25, 0.3) is 0 Å². The van der Waals surface area contributed by atoms with Crippen LogP contribution in [0.2, 0.25) is 0 Å². The van der Waals surface area contributed by atoms with Crippen molar-refractivity contribution in [3.05, 3.63) is 18.0 Å². The maximum absolute atomic E-state index is 5.72. The molecular weight excluding hydrogens is 250 g/mol. The lowest BCUT2D eigenvalue weighted by Crippen LogP contribution is -2.28. The average Bonchev–Trinajstić information content (AvgIpc) is 3.10. The van der Waals surface area contributed by atoms with E-state index in [9.17, 15) is 0 Å². The molecule has 0 bridgehead atoms. The van der Waals surface area contributed by atoms with Crippen molar-refractivity contribution in [2.75, 3.05) is 13.2 Å². The van der Waals surface area contributed by atoms with E-state index >= 15 is 0 Å². The Labute approximate surface area is 122 Å². The van der Waals surface area contributed by atoms with Gasteiger partial charge in [-0.15, -0.1) is 0 Å². The van der Waals surface area contributed by atoms with Crippen molar-refractivity contribution in [1.82, 2.24) is 15.1 Å². The Morgan fingerprint density at radius 2 is 2.20 bits per heavy atom. The summed E-state index contributed by atoms with van der Waals surface area (Å²) in [6.45, 7) is 9.47. The summed E-state index contributed by atoms with van der Waals surface area (Å²) in [6.07, 6.45) is 7.15. The van der Waals surface area contributed by atoms with Crippen LogP contribution in [0.1, 0.15) is 58.2 Å². The molecule has 0 saturated carbocycles. The third-order valence-electron chi connectivity index (χ3n) is 4.44. The predicted molar refractivity (Wildman–Crippen MR) is 81.7 cm³/mol. The minimum Gasteiger partial charge on any atom is -0.378 e. The molecule has 2 heterocycles. The van der Waals surface area contributed by atoms with Gasteiger partial charge < -0.3 is 10.1 Å². The third-order valence-corrected chi connectivity index (χ3v) is 4.44. The molecule has 0 spiro atoms. The molecule has 1 N–H and O–H groups in total. The zero-order valence-electron chi connectivity index (χ0n) is 13.1. The summed E-state index contributed by atoms with van der Waals surface area (Å²) < 4.78 is 7.84. The molecule has 1 saturated heterocycles. The first kappa shape index (κ1) is 15.5. The average molecular weight is 279 g/mol. The SMILES string of the molecule is CCC1OCCC1CNCc1ccn(C(CC)CC)n1. The first-order valence-corrected chi connectivity index (χ1v) is 8.14. The largest absolute Gasteiger partial charge is 0.378 e. The van der Waals surface area contributed by atoms with E-state index in [1.165, 1.54) is 6.42 Å². The van der Waals surface area contributed by atoms with Crippen molar-refractivity contribution in [2.24, 2.45) is 5.92 Å². The summed E-state index contributed by atoms with van der Waals surface area (Å²) >= 11 is 0. The minimum atomic E-state index is 0.449. The highest BCUT2D eigenvalue weighted by Gasteiger charge is 2.26. The number of hydrogen-bond acceptors (Lipinski definition) is 3. The van der Waals surface area contributed by atoms with Gasteiger partial charge in [0.25, 0.3) is 0 Å². The lowest BCUT2D eigenvalue weighted by Gasteiger charge is -2.17. The Kier molecular flexibility index (Phi) is 6.05. The van der Waals surface area contributed by atoms with Crippen LogP contribution in [0.5, 0.6) is 0 Å². The van der Waals surface area contributed by atoms with E-state index in [0.29, 0.717) is 18.1 Å². The van der Waals surface area contributed by atoms with Gasteiger partial charge in [-0.05, 0) is 37.7 Å². The van der Waals surface area contributed by atoms with E-state index in [2.05, 4.69) is 48.1 Å². The number of aromatic nitrogens is 2. The molecule has 114 valence electrons. The van der Waals surface area contributed by atoms with E-state index in [1.54, 1.807) is 0 Å². The topological polar surface area (TPSA) is 39.1 Å². The molecule has 1 fully saturated rings. The molecule has 20 heavy (non-hydrogen) atoms. The normalized spacial score (nSPS) is 22.8. The molecule has 1 aliphatic rings. The van der Waals surface area contributed by atoms with Crippen molar-refractivity contribution in [3.63, 3.8) is 0 Å². The fourth-order valence-electron chi connectivity index (χ4n) is 3.10. The van der Waals surface area contributed by atoms with E-state index in [0.717, 1.165) is 44.7 Å². The molecule has 0 amide bonds. The fourth-order valence-corrected chi connectivity index (χ4v) is 3.10. The fraction of sp³-hybridized carbons (Fsp3) is 0.812. The number of ether oxygens (including phenoxy) is 1. The van der Waals surface area contributed by atoms with Gasteiger partial charge in [0.15, 0.2) is 0 Å². The van der Waals surface area contributed by atoms with Gasteiger partial charge in [0.1, 0.15) is 0 Å². The van der Waals surface area contributed by atoms with Gasteiger partial charge in [-0.1, -0.05) is 20.8 Å². The number of rotatable bonds is 8. The van der Waals surface area contributed by atoms with Crippen molar-refractivity contribution in [3.8, 4) is 0 Å². The molecule has 2 rings (SSSR count). The van der Waals surface area contributed by atoms with Crippen molar-refractivity contribution < 1.29 is 4.74 Å². The minimum absolute atomic E-state index is 0.449. The third kappa shape index (κ3) is 3.83. The van der Waals surface area contributed by atoms with E-state index in [1.807, 2.05) is 0 Å². The predicted octanol–water partition coefficient (Wildman–Crippen LogP) is 3.15. The molecular formula is C16H29N3O. The second-order valence-electron chi connectivity index (χ2n) is 5.75. The zero-order chi connectivity index (χ0) is 14.4. The van der Waals surface area contributed by atoms with E-state index in [-0.39, 0.29) is 0 Å². The molecule has 1 aromatic heterocycles. The van der Waals surface area contributed by atoms with Crippen LogP contribution in [0.3, 0.4) is 0 Å². The van der Waals surface area contributed by atoms with Gasteiger partial charge in [0, 0.05) is 25.9 Å². The Bertz CT molecular complexity index is 387. The summed E-state index contributed by atoms with van der Waals surface area (Å²) in [5, 5.41) is 8.22. The maximum atomic E-state index is 5.72. The summed E-state index contributed by atoms with van der Waals surface area (Å²) in [6, 6.07) is 2.67. The lowest BCUT2D eigenvalue weighted by atomic mass is 10.00. The Morgan fingerprint density at radius 3 is 2.90 bits per heavy atom. The smallest absolute Gasteiger partial charge is 0.0762 e. The Balaban J connectivity index is 1.77. The Hall–Kier alpha value is -0.870. The highest BCUT2D eigenvalue weighted by molar-refractivity contribution is 4.99. The second kappa shape index (κ2) is 7.79. The summed E-state index contributed by atoms with van der Waals surface area (Å²) in [5.41, 5.74) is 1.14. The van der Waals surface area contributed by atoms with Gasteiger partial charge in [-0.25, -0.2) is 0 Å². The monoisotopic (exact) mass is 279 g/mol. The van der Waals surface area contributed by atoms with E-state index < -0.39 is 0 Å². The summed E-state index contributed by atoms with van der Waals surface area (Å²) in [7, 11) is 0. The van der Waals surface area contributed by atoms with Gasteiger partial charge in [0.05, 0.1) is 17.8 Å². The van der Waals surface area contributed by atoms with Crippen LogP contribution in [0.4, 0.5) is 0 Å². The second-order valence-corrected chi connectivity index (χ2v) is 5.75. The molecule has 0 aliphatic carbocycles. The van der Waals surface area contributed by atoms with Gasteiger partial charge in [-0.2, -0.15) is 5.10 Å². The van der Waals surface area contributed by atoms with Crippen molar-refractivity contribution in [1.29, 1.82) is 0 Å². The Morgan fingerprint density at radius 1 is 1.40 bits per heavy atom. The van der Waals surface area contributed by atoms with Crippen LogP contribution in [0.15, 0.2) is 12.3 Å². The first-order chi connectivity index (χ1) is 9.78. The molecule has 1 aliphatic heterocycles. The summed E-state index contributed by atoms with van der Waals surface area (Å²) in [4.78, 5) is 0. The first-order valence-electron chi connectivity index (χ1n) is 8.14. The quantitative estimate of drug-likeness (QED) is 0.794. The van der Waals surface area contributed by atoms with Gasteiger partial charge in [-0.3, -0.25) is 4.68 Å². The molecule has 0 radical (unpaired) electrons. The number of hydrogen-bond donors (Lipinski definition) is 1. The molecule has 2 unspecified atom stereocenters. The van der Waals surface area contributed by atoms with Gasteiger partial charge >= 0.3 is 0 Å². The van der Waals surface area contributed by atoms with Crippen LogP contribution in [0, 0.1) is 5.92 Å². The molecule has 1 aromatic rings. The van der Waals surface area contributed by atoms with Crippen LogP contribution >= 0.6 is 0 Å². The molecule has 0 aromatic carbocycles. The lowest BCUT2D eigenvalue weighted by molar-refractivity contribution is 0.0872. The van der Waals surface area contributed by atoms with Gasteiger partial charge in [0.2, 0.25) is 0 Å².